The van der Waals surface area contributed by atoms with E-state index >= 15 is 0 Å². The third-order valence-corrected chi connectivity index (χ3v) is 4.73. The zero-order valence-electron chi connectivity index (χ0n) is 13.0. The highest BCUT2D eigenvalue weighted by atomic mass is 35.5. The molecule has 0 aromatic heterocycles. The van der Waals surface area contributed by atoms with Crippen molar-refractivity contribution >= 4 is 17.5 Å². The summed E-state index contributed by atoms with van der Waals surface area (Å²) in [6, 6.07) is 12.9. The Morgan fingerprint density at radius 2 is 2.00 bits per heavy atom. The molecule has 124 valence electrons. The fourth-order valence-electron chi connectivity index (χ4n) is 3.17. The number of carbonyl (C=O) groups is 1. The van der Waals surface area contributed by atoms with E-state index in [9.17, 15) is 4.79 Å². The summed E-state index contributed by atoms with van der Waals surface area (Å²) < 4.78 is 10.7. The molecule has 1 saturated heterocycles. The van der Waals surface area contributed by atoms with Gasteiger partial charge in [-0.3, -0.25) is 4.79 Å². The summed E-state index contributed by atoms with van der Waals surface area (Å²) in [5.74, 6) is 1.26. The molecule has 2 aromatic rings. The number of fused-ring (bicyclic) bond motifs is 1. The summed E-state index contributed by atoms with van der Waals surface area (Å²) in [5, 5.41) is 4.02. The van der Waals surface area contributed by atoms with Crippen LogP contribution >= 0.6 is 11.6 Å². The molecule has 5 nitrogen and oxygen atoms in total. The van der Waals surface area contributed by atoms with Gasteiger partial charge < -0.3 is 19.7 Å². The third-order valence-electron chi connectivity index (χ3n) is 4.39. The number of nitrogens with one attached hydrogen (secondary N) is 1. The molecule has 0 bridgehead atoms. The Morgan fingerprint density at radius 1 is 1.17 bits per heavy atom. The monoisotopic (exact) mass is 344 g/mol. The first-order valence-electron chi connectivity index (χ1n) is 7.90. The Kier molecular flexibility index (Phi) is 4.04. The highest BCUT2D eigenvalue weighted by molar-refractivity contribution is 6.31. The van der Waals surface area contributed by atoms with Crippen molar-refractivity contribution in [2.75, 3.05) is 26.4 Å². The van der Waals surface area contributed by atoms with E-state index in [0.717, 1.165) is 12.1 Å². The summed E-state index contributed by atoms with van der Waals surface area (Å²) in [7, 11) is 0. The van der Waals surface area contributed by atoms with Crippen LogP contribution in [0.25, 0.3) is 0 Å². The van der Waals surface area contributed by atoms with Crippen LogP contribution in [0.2, 0.25) is 5.02 Å². The van der Waals surface area contributed by atoms with E-state index in [1.807, 2.05) is 29.2 Å². The maximum atomic E-state index is 13.1. The average molecular weight is 345 g/mol. The zero-order valence-corrected chi connectivity index (χ0v) is 13.8. The fourth-order valence-corrected chi connectivity index (χ4v) is 3.43. The van der Waals surface area contributed by atoms with Crippen LogP contribution in [0.4, 0.5) is 0 Å². The van der Waals surface area contributed by atoms with Gasteiger partial charge in [-0.25, -0.2) is 0 Å². The van der Waals surface area contributed by atoms with E-state index in [-0.39, 0.29) is 18.7 Å². The maximum absolute atomic E-state index is 13.1. The molecule has 4 rings (SSSR count). The van der Waals surface area contributed by atoms with Crippen LogP contribution in [0.1, 0.15) is 22.0 Å². The van der Waals surface area contributed by atoms with Crippen molar-refractivity contribution in [2.24, 2.45) is 0 Å². The lowest BCUT2D eigenvalue weighted by Gasteiger charge is -2.37. The van der Waals surface area contributed by atoms with Gasteiger partial charge in [0, 0.05) is 30.2 Å². The number of hydrogen-bond donors (Lipinski definition) is 1. The molecule has 2 aromatic carbocycles. The first-order valence-corrected chi connectivity index (χ1v) is 8.27. The van der Waals surface area contributed by atoms with Crippen molar-refractivity contribution < 1.29 is 14.3 Å². The molecule has 1 atom stereocenters. The smallest absolute Gasteiger partial charge is 0.254 e. The Bertz CT molecular complexity index is 781. The number of carbonyl (C=O) groups excluding carboxylic acids is 1. The van der Waals surface area contributed by atoms with Gasteiger partial charge in [0.05, 0.1) is 6.04 Å². The quantitative estimate of drug-likeness (QED) is 0.910. The Morgan fingerprint density at radius 3 is 2.88 bits per heavy atom. The van der Waals surface area contributed by atoms with Gasteiger partial charge in [-0.15, -0.1) is 0 Å². The van der Waals surface area contributed by atoms with Crippen molar-refractivity contribution in [1.82, 2.24) is 10.2 Å². The molecule has 2 heterocycles. The summed E-state index contributed by atoms with van der Waals surface area (Å²) in [6.07, 6.45) is 0. The van der Waals surface area contributed by atoms with Gasteiger partial charge in [0.15, 0.2) is 11.5 Å². The van der Waals surface area contributed by atoms with Gasteiger partial charge in [-0.2, -0.15) is 0 Å². The van der Waals surface area contributed by atoms with E-state index in [1.54, 1.807) is 18.2 Å². The van der Waals surface area contributed by atoms with Crippen LogP contribution in [0.15, 0.2) is 42.5 Å². The summed E-state index contributed by atoms with van der Waals surface area (Å²) in [6.45, 7) is 2.27. The van der Waals surface area contributed by atoms with Crippen LogP contribution < -0.4 is 14.8 Å². The Balaban J connectivity index is 1.65. The van der Waals surface area contributed by atoms with E-state index in [4.69, 9.17) is 21.1 Å². The summed E-state index contributed by atoms with van der Waals surface area (Å²) >= 11 is 6.35. The minimum Gasteiger partial charge on any atom is -0.454 e. The molecule has 0 radical (unpaired) electrons. The number of ether oxygens (including phenoxy) is 2. The lowest BCUT2D eigenvalue weighted by atomic mass is 10.0. The Labute approximate surface area is 145 Å². The molecule has 24 heavy (non-hydrogen) atoms. The lowest BCUT2D eigenvalue weighted by molar-refractivity contribution is 0.0634. The molecule has 2 aliphatic rings. The second kappa shape index (κ2) is 6.34. The second-order valence-corrected chi connectivity index (χ2v) is 6.22. The van der Waals surface area contributed by atoms with E-state index < -0.39 is 0 Å². The topological polar surface area (TPSA) is 50.8 Å². The second-order valence-electron chi connectivity index (χ2n) is 5.81. The Hall–Kier alpha value is -2.24. The minimum atomic E-state index is -0.0922. The standard InChI is InChI=1S/C18H17ClN2O3/c19-14-4-2-1-3-13(14)15-10-20-7-8-21(15)18(22)12-5-6-16-17(9-12)24-11-23-16/h1-6,9,15,20H,7-8,10-11H2. The first-order chi connectivity index (χ1) is 11.7. The normalized spacial score (nSPS) is 19.4. The van der Waals surface area contributed by atoms with E-state index in [0.29, 0.717) is 35.2 Å². The van der Waals surface area contributed by atoms with Gasteiger partial charge in [-0.1, -0.05) is 29.8 Å². The molecular weight excluding hydrogens is 328 g/mol. The molecule has 1 fully saturated rings. The number of nitrogens with zero attached hydrogens (tertiary/aromatic N) is 1. The minimum absolute atomic E-state index is 0.0280. The molecule has 1 unspecified atom stereocenters. The molecule has 1 N–H and O–H groups in total. The summed E-state index contributed by atoms with van der Waals surface area (Å²) in [5.41, 5.74) is 1.55. The molecule has 2 aliphatic heterocycles. The van der Waals surface area contributed by atoms with Crippen molar-refractivity contribution in [3.63, 3.8) is 0 Å². The maximum Gasteiger partial charge on any atom is 0.254 e. The van der Waals surface area contributed by atoms with Gasteiger partial charge in [0.1, 0.15) is 0 Å². The van der Waals surface area contributed by atoms with Crippen molar-refractivity contribution in [1.29, 1.82) is 0 Å². The van der Waals surface area contributed by atoms with Crippen LogP contribution in [0.5, 0.6) is 11.5 Å². The van der Waals surface area contributed by atoms with Crippen LogP contribution in [0, 0.1) is 0 Å². The van der Waals surface area contributed by atoms with Gasteiger partial charge in [0.25, 0.3) is 5.91 Å². The number of rotatable bonds is 2. The van der Waals surface area contributed by atoms with Crippen LogP contribution in [-0.2, 0) is 0 Å². The number of amides is 1. The predicted molar refractivity (Wildman–Crippen MR) is 90.7 cm³/mol. The van der Waals surface area contributed by atoms with Crippen LogP contribution in [0.3, 0.4) is 0 Å². The molecule has 6 heteroatoms. The highest BCUT2D eigenvalue weighted by Crippen LogP contribution is 2.34. The van der Waals surface area contributed by atoms with Crippen LogP contribution in [-0.4, -0.2) is 37.2 Å². The lowest BCUT2D eigenvalue weighted by Crippen LogP contribution is -2.48. The largest absolute Gasteiger partial charge is 0.454 e. The average Bonchev–Trinajstić information content (AvgIpc) is 3.09. The number of piperazine rings is 1. The van der Waals surface area contributed by atoms with Crippen molar-refractivity contribution in [3.05, 3.63) is 58.6 Å². The summed E-state index contributed by atoms with van der Waals surface area (Å²) in [4.78, 5) is 14.9. The first kappa shape index (κ1) is 15.3. The molecule has 1 amide bonds. The van der Waals surface area contributed by atoms with Gasteiger partial charge in [-0.05, 0) is 29.8 Å². The predicted octanol–water partition coefficient (Wildman–Crippen LogP) is 2.86. The van der Waals surface area contributed by atoms with Gasteiger partial charge in [0.2, 0.25) is 6.79 Å². The van der Waals surface area contributed by atoms with E-state index in [1.165, 1.54) is 0 Å². The van der Waals surface area contributed by atoms with Crippen molar-refractivity contribution in [3.8, 4) is 11.5 Å². The molecule has 0 saturated carbocycles. The molecular formula is C18H17ClN2O3. The number of hydrogen-bond acceptors (Lipinski definition) is 4. The zero-order chi connectivity index (χ0) is 16.5. The molecule has 0 spiro atoms. The number of benzene rings is 2. The third kappa shape index (κ3) is 2.70. The van der Waals surface area contributed by atoms with E-state index in [2.05, 4.69) is 5.32 Å². The van der Waals surface area contributed by atoms with Crippen molar-refractivity contribution in [2.45, 2.75) is 6.04 Å². The number of halogens is 1. The fraction of sp³-hybridized carbons (Fsp3) is 0.278. The van der Waals surface area contributed by atoms with Gasteiger partial charge >= 0.3 is 0 Å². The molecule has 0 aliphatic carbocycles. The highest BCUT2D eigenvalue weighted by Gasteiger charge is 2.30. The SMILES string of the molecule is O=C(c1ccc2c(c1)OCO2)N1CCNCC1c1ccccc1Cl.